The Kier molecular flexibility index (Phi) is 4.01. The number of benzene rings is 1. The first kappa shape index (κ1) is 13.4. The largest absolute Gasteiger partial charge is 0.493 e. The van der Waals surface area contributed by atoms with Crippen LogP contribution in [0.15, 0.2) is 22.7 Å². The summed E-state index contributed by atoms with van der Waals surface area (Å²) < 4.78 is 15.8. The molecule has 1 aromatic heterocycles. The van der Waals surface area contributed by atoms with Crippen molar-refractivity contribution < 1.29 is 14.0 Å². The summed E-state index contributed by atoms with van der Waals surface area (Å²) >= 11 is 0. The summed E-state index contributed by atoms with van der Waals surface area (Å²) in [6, 6.07) is 5.19. The molecule has 6 nitrogen and oxygen atoms in total. The van der Waals surface area contributed by atoms with E-state index in [9.17, 15) is 0 Å². The molecule has 1 aromatic carbocycles. The predicted octanol–water partition coefficient (Wildman–Crippen LogP) is 2.16. The molecule has 0 aliphatic carbocycles. The minimum Gasteiger partial charge on any atom is -0.493 e. The van der Waals surface area contributed by atoms with E-state index in [4.69, 9.17) is 19.7 Å². The third kappa shape index (κ3) is 2.85. The minimum atomic E-state index is -0.286. The Morgan fingerprint density at radius 2 is 2.16 bits per heavy atom. The van der Waals surface area contributed by atoms with Crippen LogP contribution in [0.2, 0.25) is 0 Å². The van der Waals surface area contributed by atoms with Gasteiger partial charge in [0.15, 0.2) is 11.5 Å². The van der Waals surface area contributed by atoms with Crippen molar-refractivity contribution in [3.05, 3.63) is 24.1 Å². The van der Waals surface area contributed by atoms with Crippen molar-refractivity contribution in [1.82, 2.24) is 10.1 Å². The lowest BCUT2D eigenvalue weighted by atomic mass is 10.2. The first-order valence-corrected chi connectivity index (χ1v) is 6.06. The second-order valence-electron chi connectivity index (χ2n) is 4.04. The second-order valence-corrected chi connectivity index (χ2v) is 4.04. The maximum Gasteiger partial charge on any atom is 0.243 e. The number of aromatic nitrogens is 2. The zero-order valence-corrected chi connectivity index (χ0v) is 11.2. The van der Waals surface area contributed by atoms with E-state index in [0.29, 0.717) is 29.8 Å². The van der Waals surface area contributed by atoms with Crippen LogP contribution >= 0.6 is 0 Å². The normalized spacial score (nSPS) is 12.2. The number of nitrogens with zero attached hydrogens (tertiary/aromatic N) is 2. The number of hydrogen-bond acceptors (Lipinski definition) is 6. The molecule has 0 bridgehead atoms. The van der Waals surface area contributed by atoms with Crippen LogP contribution in [0.5, 0.6) is 11.5 Å². The van der Waals surface area contributed by atoms with Crippen molar-refractivity contribution in [2.45, 2.75) is 19.9 Å². The number of methoxy groups -OCH3 is 1. The van der Waals surface area contributed by atoms with Crippen LogP contribution in [0.4, 0.5) is 0 Å². The SMILES string of the molecule is CCOc1ccc(-c2noc(C(C)N)n2)cc1OC. The molecular weight excluding hydrogens is 246 g/mol. The molecule has 1 atom stereocenters. The number of ether oxygens (including phenoxy) is 2. The standard InChI is InChI=1S/C13H17N3O3/c1-4-18-10-6-5-9(7-11(10)17-3)12-15-13(8(2)14)19-16-12/h5-8H,4,14H2,1-3H3. The molecule has 2 aromatic rings. The molecule has 0 radical (unpaired) electrons. The van der Waals surface area contributed by atoms with Gasteiger partial charge in [0.1, 0.15) is 0 Å². The van der Waals surface area contributed by atoms with Crippen LogP contribution in [0.3, 0.4) is 0 Å². The smallest absolute Gasteiger partial charge is 0.243 e. The monoisotopic (exact) mass is 263 g/mol. The lowest BCUT2D eigenvalue weighted by Crippen LogP contribution is -2.04. The third-order valence-electron chi connectivity index (χ3n) is 2.55. The van der Waals surface area contributed by atoms with Gasteiger partial charge in [0.2, 0.25) is 11.7 Å². The van der Waals surface area contributed by atoms with E-state index in [1.54, 1.807) is 20.1 Å². The zero-order chi connectivity index (χ0) is 13.8. The summed E-state index contributed by atoms with van der Waals surface area (Å²) in [5.41, 5.74) is 6.47. The highest BCUT2D eigenvalue weighted by molar-refractivity contribution is 5.60. The van der Waals surface area contributed by atoms with Crippen LogP contribution in [0.25, 0.3) is 11.4 Å². The van der Waals surface area contributed by atoms with Crippen molar-refractivity contribution in [3.8, 4) is 22.9 Å². The van der Waals surface area contributed by atoms with E-state index in [-0.39, 0.29) is 6.04 Å². The molecule has 0 saturated carbocycles. The molecule has 6 heteroatoms. The molecular formula is C13H17N3O3. The van der Waals surface area contributed by atoms with E-state index in [2.05, 4.69) is 10.1 Å². The van der Waals surface area contributed by atoms with Gasteiger partial charge in [-0.05, 0) is 32.0 Å². The molecule has 0 aliphatic heterocycles. The van der Waals surface area contributed by atoms with E-state index < -0.39 is 0 Å². The Morgan fingerprint density at radius 1 is 1.37 bits per heavy atom. The van der Waals surface area contributed by atoms with Crippen molar-refractivity contribution in [1.29, 1.82) is 0 Å². The van der Waals surface area contributed by atoms with Gasteiger partial charge in [-0.3, -0.25) is 0 Å². The van der Waals surface area contributed by atoms with Gasteiger partial charge in [-0.2, -0.15) is 4.98 Å². The molecule has 0 spiro atoms. The Hall–Kier alpha value is -2.08. The van der Waals surface area contributed by atoms with Gasteiger partial charge in [-0.1, -0.05) is 5.16 Å². The molecule has 102 valence electrons. The highest BCUT2D eigenvalue weighted by Crippen LogP contribution is 2.31. The van der Waals surface area contributed by atoms with E-state index >= 15 is 0 Å². The number of nitrogens with two attached hydrogens (primary N) is 1. The van der Waals surface area contributed by atoms with Gasteiger partial charge in [-0.25, -0.2) is 0 Å². The molecule has 1 heterocycles. The van der Waals surface area contributed by atoms with Crippen molar-refractivity contribution in [2.24, 2.45) is 5.73 Å². The zero-order valence-electron chi connectivity index (χ0n) is 11.2. The van der Waals surface area contributed by atoms with Gasteiger partial charge in [0.25, 0.3) is 0 Å². The molecule has 2 N–H and O–H groups in total. The first-order valence-electron chi connectivity index (χ1n) is 6.06. The first-order chi connectivity index (χ1) is 9.15. The fourth-order valence-corrected chi connectivity index (χ4v) is 1.62. The molecule has 2 rings (SSSR count). The summed E-state index contributed by atoms with van der Waals surface area (Å²) in [4.78, 5) is 4.23. The maximum absolute atomic E-state index is 5.68. The predicted molar refractivity (Wildman–Crippen MR) is 70.1 cm³/mol. The van der Waals surface area contributed by atoms with Crippen LogP contribution in [0.1, 0.15) is 25.8 Å². The van der Waals surface area contributed by atoms with Crippen molar-refractivity contribution in [2.75, 3.05) is 13.7 Å². The number of hydrogen-bond donors (Lipinski definition) is 1. The highest BCUT2D eigenvalue weighted by atomic mass is 16.5. The van der Waals surface area contributed by atoms with Gasteiger partial charge in [0, 0.05) is 5.56 Å². The molecule has 0 aliphatic rings. The Morgan fingerprint density at radius 3 is 2.74 bits per heavy atom. The van der Waals surface area contributed by atoms with Crippen LogP contribution in [0, 0.1) is 0 Å². The van der Waals surface area contributed by atoms with Gasteiger partial charge in [-0.15, -0.1) is 0 Å². The third-order valence-corrected chi connectivity index (χ3v) is 2.55. The second kappa shape index (κ2) is 5.71. The van der Waals surface area contributed by atoms with Gasteiger partial charge >= 0.3 is 0 Å². The summed E-state index contributed by atoms with van der Waals surface area (Å²) in [6.45, 7) is 4.28. The van der Waals surface area contributed by atoms with Crippen LogP contribution in [-0.4, -0.2) is 23.9 Å². The van der Waals surface area contributed by atoms with Gasteiger partial charge in [0.05, 0.1) is 19.8 Å². The summed E-state index contributed by atoms with van der Waals surface area (Å²) in [5, 5.41) is 3.90. The molecule has 0 amide bonds. The highest BCUT2D eigenvalue weighted by Gasteiger charge is 2.14. The van der Waals surface area contributed by atoms with E-state index in [1.165, 1.54) is 0 Å². The fourth-order valence-electron chi connectivity index (χ4n) is 1.62. The fraction of sp³-hybridized carbons (Fsp3) is 0.385. The van der Waals surface area contributed by atoms with Gasteiger partial charge < -0.3 is 19.7 Å². The lowest BCUT2D eigenvalue weighted by Gasteiger charge is -2.09. The summed E-state index contributed by atoms with van der Waals surface area (Å²) in [5.74, 6) is 2.20. The van der Waals surface area contributed by atoms with Crippen LogP contribution in [-0.2, 0) is 0 Å². The Labute approximate surface area is 111 Å². The Balaban J connectivity index is 2.34. The van der Waals surface area contributed by atoms with Crippen molar-refractivity contribution >= 4 is 0 Å². The summed E-state index contributed by atoms with van der Waals surface area (Å²) in [6.07, 6.45) is 0. The molecule has 19 heavy (non-hydrogen) atoms. The van der Waals surface area contributed by atoms with E-state index in [0.717, 1.165) is 5.56 Å². The van der Waals surface area contributed by atoms with Crippen LogP contribution < -0.4 is 15.2 Å². The molecule has 0 saturated heterocycles. The average molecular weight is 263 g/mol. The molecule has 0 fully saturated rings. The maximum atomic E-state index is 5.68. The summed E-state index contributed by atoms with van der Waals surface area (Å²) in [7, 11) is 1.59. The Bertz CT molecular complexity index is 552. The number of rotatable bonds is 5. The minimum absolute atomic E-state index is 0.286. The quantitative estimate of drug-likeness (QED) is 0.890. The topological polar surface area (TPSA) is 83.4 Å². The molecule has 1 unspecified atom stereocenters. The average Bonchev–Trinajstić information content (AvgIpc) is 2.89. The van der Waals surface area contributed by atoms with E-state index in [1.807, 2.05) is 19.1 Å². The van der Waals surface area contributed by atoms with Crippen molar-refractivity contribution in [3.63, 3.8) is 0 Å². The lowest BCUT2D eigenvalue weighted by molar-refractivity contribution is 0.311.